The van der Waals surface area contributed by atoms with Gasteiger partial charge in [-0.25, -0.2) is 0 Å². The molecule has 6 heteroatoms. The predicted molar refractivity (Wildman–Crippen MR) is 83.2 cm³/mol. The third kappa shape index (κ3) is 3.43. The Labute approximate surface area is 134 Å². The number of hydrogen-bond acceptors (Lipinski definition) is 4. The first-order valence-corrected chi connectivity index (χ1v) is 7.35. The van der Waals surface area contributed by atoms with E-state index in [9.17, 15) is 0 Å². The molecule has 21 heavy (non-hydrogen) atoms. The molecule has 1 heterocycles. The first kappa shape index (κ1) is 14.1. The van der Waals surface area contributed by atoms with E-state index in [-0.39, 0.29) is 6.61 Å². The van der Waals surface area contributed by atoms with Crippen LogP contribution >= 0.6 is 27.5 Å². The van der Waals surface area contributed by atoms with Crippen LogP contribution in [-0.4, -0.2) is 10.2 Å². The topological polar surface area (TPSA) is 48.2 Å². The van der Waals surface area contributed by atoms with E-state index < -0.39 is 0 Å². The molecule has 0 unspecified atom stereocenters. The van der Waals surface area contributed by atoms with Crippen LogP contribution in [-0.2, 0) is 6.61 Å². The van der Waals surface area contributed by atoms with Crippen LogP contribution in [0.25, 0.3) is 11.5 Å². The van der Waals surface area contributed by atoms with E-state index >= 15 is 0 Å². The summed E-state index contributed by atoms with van der Waals surface area (Å²) in [5.41, 5.74) is 0.819. The van der Waals surface area contributed by atoms with Crippen molar-refractivity contribution < 1.29 is 9.15 Å². The van der Waals surface area contributed by atoms with E-state index in [1.54, 1.807) is 12.1 Å². The molecule has 0 aliphatic rings. The van der Waals surface area contributed by atoms with Gasteiger partial charge in [0.15, 0.2) is 6.61 Å². The van der Waals surface area contributed by atoms with Gasteiger partial charge in [-0.3, -0.25) is 0 Å². The third-order valence-electron chi connectivity index (χ3n) is 2.75. The first-order chi connectivity index (χ1) is 10.2. The van der Waals surface area contributed by atoms with Gasteiger partial charge >= 0.3 is 0 Å². The summed E-state index contributed by atoms with van der Waals surface area (Å²) in [4.78, 5) is 0. The van der Waals surface area contributed by atoms with Gasteiger partial charge in [0, 0.05) is 10.6 Å². The number of benzene rings is 2. The molecule has 3 aromatic rings. The smallest absolute Gasteiger partial charge is 0.254 e. The van der Waals surface area contributed by atoms with Gasteiger partial charge in [0.25, 0.3) is 5.89 Å². The van der Waals surface area contributed by atoms with E-state index in [0.717, 1.165) is 15.8 Å². The van der Waals surface area contributed by atoms with Crippen molar-refractivity contribution in [1.29, 1.82) is 0 Å². The quantitative estimate of drug-likeness (QED) is 0.670. The third-order valence-corrected chi connectivity index (χ3v) is 3.65. The number of hydrogen-bond donors (Lipinski definition) is 0. The zero-order valence-electron chi connectivity index (χ0n) is 10.8. The molecule has 0 bridgehead atoms. The highest BCUT2D eigenvalue weighted by Gasteiger charge is 2.09. The first-order valence-electron chi connectivity index (χ1n) is 6.18. The fourth-order valence-electron chi connectivity index (χ4n) is 1.72. The molecule has 106 valence electrons. The summed E-state index contributed by atoms with van der Waals surface area (Å²) in [7, 11) is 0. The highest BCUT2D eigenvalue weighted by atomic mass is 79.9. The summed E-state index contributed by atoms with van der Waals surface area (Å²) in [5.74, 6) is 1.58. The van der Waals surface area contributed by atoms with Crippen LogP contribution in [0.3, 0.4) is 0 Å². The predicted octanol–water partition coefficient (Wildman–Crippen LogP) is 4.73. The van der Waals surface area contributed by atoms with Gasteiger partial charge in [-0.2, -0.15) is 0 Å². The molecule has 0 atom stereocenters. The second kappa shape index (κ2) is 6.28. The average molecular weight is 366 g/mol. The summed E-state index contributed by atoms with van der Waals surface area (Å²) in [5, 5.41) is 8.63. The van der Waals surface area contributed by atoms with Crippen molar-refractivity contribution in [3.63, 3.8) is 0 Å². The maximum atomic E-state index is 5.85. The number of ether oxygens (including phenoxy) is 1. The molecule has 0 saturated carbocycles. The summed E-state index contributed by atoms with van der Waals surface area (Å²) in [6, 6.07) is 14.8. The van der Waals surface area contributed by atoms with Crippen molar-refractivity contribution in [3.8, 4) is 17.2 Å². The summed E-state index contributed by atoms with van der Waals surface area (Å²) in [6.45, 7) is 0.212. The lowest BCUT2D eigenvalue weighted by Gasteiger charge is -2.04. The minimum atomic E-state index is 0.212. The highest BCUT2D eigenvalue weighted by molar-refractivity contribution is 9.10. The molecular weight excluding hydrogens is 356 g/mol. The molecule has 0 spiro atoms. The van der Waals surface area contributed by atoms with E-state index in [1.807, 2.05) is 36.4 Å². The Balaban J connectivity index is 1.71. The number of para-hydroxylation sites is 1. The lowest BCUT2D eigenvalue weighted by atomic mass is 10.2. The number of aromatic nitrogens is 2. The molecule has 0 amide bonds. The lowest BCUT2D eigenvalue weighted by Crippen LogP contribution is -1.96. The van der Waals surface area contributed by atoms with Crippen molar-refractivity contribution in [1.82, 2.24) is 10.2 Å². The lowest BCUT2D eigenvalue weighted by molar-refractivity contribution is 0.263. The minimum Gasteiger partial charge on any atom is -0.483 e. The zero-order valence-corrected chi connectivity index (χ0v) is 13.1. The fraction of sp³-hybridized carbons (Fsp3) is 0.0667. The van der Waals surface area contributed by atoms with E-state index in [4.69, 9.17) is 20.8 Å². The molecule has 1 aromatic heterocycles. The molecule has 2 aromatic carbocycles. The normalized spacial score (nSPS) is 10.6. The summed E-state index contributed by atoms with van der Waals surface area (Å²) in [6.07, 6.45) is 0. The van der Waals surface area contributed by atoms with Gasteiger partial charge in [0.05, 0.1) is 4.47 Å². The second-order valence-corrected chi connectivity index (χ2v) is 5.52. The molecule has 0 N–H and O–H groups in total. The van der Waals surface area contributed by atoms with Crippen molar-refractivity contribution in [3.05, 3.63) is 63.9 Å². The van der Waals surface area contributed by atoms with Crippen molar-refractivity contribution >= 4 is 27.5 Å². The molecule has 0 saturated heterocycles. The van der Waals surface area contributed by atoms with Crippen LogP contribution in [0.2, 0.25) is 5.02 Å². The maximum Gasteiger partial charge on any atom is 0.254 e. The second-order valence-electron chi connectivity index (χ2n) is 4.23. The summed E-state index contributed by atoms with van der Waals surface area (Å²) >= 11 is 9.26. The molecule has 0 fully saturated rings. The largest absolute Gasteiger partial charge is 0.483 e. The van der Waals surface area contributed by atoms with Gasteiger partial charge in [-0.05, 0) is 52.3 Å². The van der Waals surface area contributed by atoms with Gasteiger partial charge in [0.2, 0.25) is 5.89 Å². The van der Waals surface area contributed by atoms with Gasteiger partial charge < -0.3 is 9.15 Å². The Morgan fingerprint density at radius 3 is 2.57 bits per heavy atom. The van der Waals surface area contributed by atoms with E-state index in [0.29, 0.717) is 16.8 Å². The Hall–Kier alpha value is -1.85. The Bertz CT molecular complexity index is 743. The molecule has 3 rings (SSSR count). The van der Waals surface area contributed by atoms with E-state index in [1.165, 1.54) is 0 Å². The minimum absolute atomic E-state index is 0.212. The molecule has 0 aliphatic carbocycles. The van der Waals surface area contributed by atoms with Crippen molar-refractivity contribution in [2.75, 3.05) is 0 Å². The number of nitrogens with zero attached hydrogens (tertiary/aromatic N) is 2. The molecule has 0 aliphatic heterocycles. The average Bonchev–Trinajstić information content (AvgIpc) is 2.96. The van der Waals surface area contributed by atoms with Gasteiger partial charge in [0.1, 0.15) is 5.75 Å². The molecule has 4 nitrogen and oxygen atoms in total. The Morgan fingerprint density at radius 2 is 1.81 bits per heavy atom. The van der Waals surface area contributed by atoms with Crippen LogP contribution in [0.1, 0.15) is 5.89 Å². The standard InChI is InChI=1S/C15H10BrClN2O2/c16-12-3-1-2-4-13(12)20-9-14-18-19-15(21-14)10-5-7-11(17)8-6-10/h1-8H,9H2. The Kier molecular flexibility index (Phi) is 4.22. The van der Waals surface area contributed by atoms with Gasteiger partial charge in [-0.1, -0.05) is 23.7 Å². The van der Waals surface area contributed by atoms with Crippen LogP contribution in [0, 0.1) is 0 Å². The zero-order chi connectivity index (χ0) is 14.7. The number of rotatable bonds is 4. The van der Waals surface area contributed by atoms with Crippen molar-refractivity contribution in [2.24, 2.45) is 0 Å². The molecular formula is C15H10BrClN2O2. The Morgan fingerprint density at radius 1 is 1.05 bits per heavy atom. The van der Waals surface area contributed by atoms with Crippen LogP contribution in [0.5, 0.6) is 5.75 Å². The monoisotopic (exact) mass is 364 g/mol. The maximum absolute atomic E-state index is 5.85. The fourth-order valence-corrected chi connectivity index (χ4v) is 2.25. The van der Waals surface area contributed by atoms with Crippen LogP contribution in [0.15, 0.2) is 57.4 Å². The van der Waals surface area contributed by atoms with Crippen LogP contribution < -0.4 is 4.74 Å². The van der Waals surface area contributed by atoms with Crippen LogP contribution in [0.4, 0.5) is 0 Å². The number of halogens is 2. The SMILES string of the molecule is Clc1ccc(-c2nnc(COc3ccccc3Br)o2)cc1. The summed E-state index contributed by atoms with van der Waals surface area (Å²) < 4.78 is 12.1. The van der Waals surface area contributed by atoms with Gasteiger partial charge in [-0.15, -0.1) is 10.2 Å². The van der Waals surface area contributed by atoms with E-state index in [2.05, 4.69) is 26.1 Å². The molecule has 0 radical (unpaired) electrons. The highest BCUT2D eigenvalue weighted by Crippen LogP contribution is 2.25. The van der Waals surface area contributed by atoms with Crippen molar-refractivity contribution in [2.45, 2.75) is 6.61 Å².